The van der Waals surface area contributed by atoms with Crippen LogP contribution in [0.3, 0.4) is 0 Å². The van der Waals surface area contributed by atoms with Gasteiger partial charge in [-0.25, -0.2) is 13.1 Å². The van der Waals surface area contributed by atoms with Crippen LogP contribution in [-0.4, -0.2) is 13.4 Å². The van der Waals surface area contributed by atoms with E-state index in [-0.39, 0.29) is 11.4 Å². The summed E-state index contributed by atoms with van der Waals surface area (Å²) in [6.45, 7) is 0.164. The molecule has 4 nitrogen and oxygen atoms in total. The summed E-state index contributed by atoms with van der Waals surface area (Å²) >= 11 is 9.41. The van der Waals surface area contributed by atoms with Crippen molar-refractivity contribution < 1.29 is 8.42 Å². The molecule has 0 saturated carbocycles. The van der Waals surface area contributed by atoms with Gasteiger partial charge >= 0.3 is 0 Å². The van der Waals surface area contributed by atoms with Gasteiger partial charge in [0.1, 0.15) is 0 Å². The summed E-state index contributed by atoms with van der Waals surface area (Å²) in [5, 5.41) is 1.37. The van der Waals surface area contributed by atoms with Crippen LogP contribution in [0.5, 0.6) is 0 Å². The summed E-state index contributed by atoms with van der Waals surface area (Å²) in [5.41, 5.74) is 1.48. The van der Waals surface area contributed by atoms with E-state index in [4.69, 9.17) is 11.6 Å². The lowest BCUT2D eigenvalue weighted by atomic mass is 10.1. The molecule has 3 rings (SSSR count). The molecule has 0 aliphatic rings. The van der Waals surface area contributed by atoms with E-state index in [9.17, 15) is 8.42 Å². The van der Waals surface area contributed by atoms with Crippen molar-refractivity contribution in [3.05, 3.63) is 69.8 Å². The number of benzene rings is 2. The highest BCUT2D eigenvalue weighted by atomic mass is 79.9. The number of para-hydroxylation sites is 1. The molecule has 0 amide bonds. The molecule has 1 N–H and O–H groups in total. The highest BCUT2D eigenvalue weighted by Gasteiger charge is 2.14. The maximum atomic E-state index is 12.4. The Hall–Kier alpha value is -1.47. The van der Waals surface area contributed by atoms with Crippen LogP contribution >= 0.6 is 27.5 Å². The van der Waals surface area contributed by atoms with Gasteiger partial charge in [-0.15, -0.1) is 0 Å². The van der Waals surface area contributed by atoms with Crippen molar-refractivity contribution in [2.75, 3.05) is 0 Å². The Morgan fingerprint density at radius 1 is 1.09 bits per heavy atom. The largest absolute Gasteiger partial charge is 0.255 e. The van der Waals surface area contributed by atoms with Crippen LogP contribution in [0.25, 0.3) is 10.9 Å². The maximum absolute atomic E-state index is 12.4. The average molecular weight is 412 g/mol. The zero-order valence-corrected chi connectivity index (χ0v) is 15.0. The predicted molar refractivity (Wildman–Crippen MR) is 94.9 cm³/mol. The topological polar surface area (TPSA) is 59.1 Å². The summed E-state index contributed by atoms with van der Waals surface area (Å²) in [4.78, 5) is 4.46. The summed E-state index contributed by atoms with van der Waals surface area (Å²) < 4.78 is 28.1. The second-order valence-corrected chi connectivity index (χ2v) is 7.97. The van der Waals surface area contributed by atoms with Crippen LogP contribution < -0.4 is 4.72 Å². The zero-order chi connectivity index (χ0) is 16.4. The van der Waals surface area contributed by atoms with E-state index in [2.05, 4.69) is 25.6 Å². The van der Waals surface area contributed by atoms with Crippen molar-refractivity contribution in [1.82, 2.24) is 9.71 Å². The smallest absolute Gasteiger partial charge is 0.240 e. The van der Waals surface area contributed by atoms with Crippen molar-refractivity contribution >= 4 is 48.5 Å². The lowest BCUT2D eigenvalue weighted by molar-refractivity contribution is 0.581. The molecule has 0 bridgehead atoms. The van der Waals surface area contributed by atoms with Crippen LogP contribution in [0.1, 0.15) is 5.56 Å². The molecule has 0 aliphatic carbocycles. The van der Waals surface area contributed by atoms with Crippen LogP contribution in [0.4, 0.5) is 0 Å². The number of sulfonamides is 1. The van der Waals surface area contributed by atoms with Crippen LogP contribution in [-0.2, 0) is 16.6 Å². The molecule has 0 atom stereocenters. The monoisotopic (exact) mass is 410 g/mol. The lowest BCUT2D eigenvalue weighted by Crippen LogP contribution is -2.23. The van der Waals surface area contributed by atoms with E-state index in [1.54, 1.807) is 42.6 Å². The number of nitrogens with zero attached hydrogens (tertiary/aromatic N) is 1. The van der Waals surface area contributed by atoms with Crippen molar-refractivity contribution in [3.8, 4) is 0 Å². The average Bonchev–Trinajstić information content (AvgIpc) is 2.54. The fraction of sp³-hybridized carbons (Fsp3) is 0.0625. The minimum Gasteiger partial charge on any atom is -0.255 e. The van der Waals surface area contributed by atoms with Crippen molar-refractivity contribution in [2.45, 2.75) is 11.4 Å². The third-order valence-corrected chi connectivity index (χ3v) is 5.64. The van der Waals surface area contributed by atoms with Gasteiger partial charge in [0.2, 0.25) is 10.0 Å². The minimum atomic E-state index is -3.58. The second kappa shape index (κ2) is 6.57. The van der Waals surface area contributed by atoms with Gasteiger partial charge in [0, 0.05) is 22.6 Å². The molecule has 0 saturated heterocycles. The molecular formula is C16H12BrClN2O2S. The van der Waals surface area contributed by atoms with Crippen molar-refractivity contribution in [3.63, 3.8) is 0 Å². The predicted octanol–water partition coefficient (Wildman–Crippen LogP) is 4.13. The first-order valence-corrected chi connectivity index (χ1v) is 9.40. The number of rotatable bonds is 4. The first-order valence-electron chi connectivity index (χ1n) is 6.75. The second-order valence-electron chi connectivity index (χ2n) is 4.88. The van der Waals surface area contributed by atoms with Crippen LogP contribution in [0.2, 0.25) is 5.02 Å². The normalized spacial score (nSPS) is 11.7. The molecule has 0 aliphatic heterocycles. The fourth-order valence-electron chi connectivity index (χ4n) is 2.22. The van der Waals surface area contributed by atoms with E-state index < -0.39 is 10.0 Å². The van der Waals surface area contributed by atoms with E-state index in [0.717, 1.165) is 15.4 Å². The van der Waals surface area contributed by atoms with Crippen LogP contribution in [0.15, 0.2) is 64.1 Å². The van der Waals surface area contributed by atoms with Gasteiger partial charge in [-0.3, -0.25) is 4.98 Å². The third-order valence-electron chi connectivity index (χ3n) is 3.39. The Balaban J connectivity index is 1.89. The SMILES string of the molecule is O=S(=O)(NCc1ccnc2c(Cl)cccc12)c1ccc(Br)cc1. The highest BCUT2D eigenvalue weighted by Crippen LogP contribution is 2.24. The van der Waals surface area contributed by atoms with E-state index in [1.807, 2.05) is 12.1 Å². The first-order chi connectivity index (χ1) is 11.0. The molecule has 0 radical (unpaired) electrons. The standard InChI is InChI=1S/C16H12BrClN2O2S/c17-12-4-6-13(7-5-12)23(21,22)20-10-11-8-9-19-16-14(11)2-1-3-15(16)18/h1-9,20H,10H2. The molecule has 0 spiro atoms. The molecule has 3 aromatic rings. The molecule has 118 valence electrons. The first kappa shape index (κ1) is 16.4. The van der Waals surface area contributed by atoms with Crippen LogP contribution in [0, 0.1) is 0 Å². The Labute approximate surface area is 147 Å². The summed E-state index contributed by atoms with van der Waals surface area (Å²) in [5.74, 6) is 0. The highest BCUT2D eigenvalue weighted by molar-refractivity contribution is 9.10. The van der Waals surface area contributed by atoms with Crippen molar-refractivity contribution in [1.29, 1.82) is 0 Å². The number of halogens is 2. The van der Waals surface area contributed by atoms with Gasteiger partial charge in [0.05, 0.1) is 15.4 Å². The molecular weight excluding hydrogens is 400 g/mol. The molecule has 0 fully saturated rings. The van der Waals surface area contributed by atoms with Gasteiger partial charge < -0.3 is 0 Å². The van der Waals surface area contributed by atoms with Gasteiger partial charge in [0.25, 0.3) is 0 Å². The summed E-state index contributed by atoms with van der Waals surface area (Å²) in [6, 6.07) is 13.7. The van der Waals surface area contributed by atoms with Crippen molar-refractivity contribution in [2.24, 2.45) is 0 Å². The number of pyridine rings is 1. The number of hydrogen-bond acceptors (Lipinski definition) is 3. The quantitative estimate of drug-likeness (QED) is 0.702. The van der Waals surface area contributed by atoms with E-state index in [0.29, 0.717) is 10.5 Å². The maximum Gasteiger partial charge on any atom is 0.240 e. The summed E-state index contributed by atoms with van der Waals surface area (Å²) in [7, 11) is -3.58. The Morgan fingerprint density at radius 3 is 2.57 bits per heavy atom. The number of hydrogen-bond donors (Lipinski definition) is 1. The van der Waals surface area contributed by atoms with Gasteiger partial charge in [-0.1, -0.05) is 39.7 Å². The Morgan fingerprint density at radius 2 is 1.83 bits per heavy atom. The van der Waals surface area contributed by atoms with Gasteiger partial charge in [-0.05, 0) is 42.0 Å². The number of fused-ring (bicyclic) bond motifs is 1. The fourth-order valence-corrected chi connectivity index (χ4v) is 3.72. The Kier molecular flexibility index (Phi) is 4.68. The Bertz CT molecular complexity index is 959. The van der Waals surface area contributed by atoms with E-state index >= 15 is 0 Å². The number of aromatic nitrogens is 1. The van der Waals surface area contributed by atoms with Gasteiger partial charge in [0.15, 0.2) is 0 Å². The van der Waals surface area contributed by atoms with Gasteiger partial charge in [-0.2, -0.15) is 0 Å². The minimum absolute atomic E-state index is 0.164. The molecule has 1 aromatic heterocycles. The lowest BCUT2D eigenvalue weighted by Gasteiger charge is -2.09. The molecule has 0 unspecified atom stereocenters. The molecule has 1 heterocycles. The summed E-state index contributed by atoms with van der Waals surface area (Å²) in [6.07, 6.45) is 1.62. The zero-order valence-electron chi connectivity index (χ0n) is 11.8. The molecule has 23 heavy (non-hydrogen) atoms. The number of nitrogens with one attached hydrogen (secondary N) is 1. The van der Waals surface area contributed by atoms with E-state index in [1.165, 1.54) is 0 Å². The third kappa shape index (κ3) is 3.55. The molecule has 7 heteroatoms. The molecule has 2 aromatic carbocycles.